The number of amides is 1. The Morgan fingerprint density at radius 1 is 1.15 bits per heavy atom. The van der Waals surface area contributed by atoms with Gasteiger partial charge in [0.15, 0.2) is 0 Å². The lowest BCUT2D eigenvalue weighted by molar-refractivity contribution is -0.137. The van der Waals surface area contributed by atoms with E-state index in [1.807, 2.05) is 20.8 Å². The maximum atomic E-state index is 12.9. The van der Waals surface area contributed by atoms with Crippen LogP contribution in [0.3, 0.4) is 0 Å². The van der Waals surface area contributed by atoms with Crippen molar-refractivity contribution in [3.8, 4) is 0 Å². The van der Waals surface area contributed by atoms with Crippen molar-refractivity contribution in [1.82, 2.24) is 9.21 Å². The summed E-state index contributed by atoms with van der Waals surface area (Å²) in [5.74, 6) is -0.876. The molecular weight excluding hydrogens is 368 g/mol. The lowest BCUT2D eigenvalue weighted by atomic mass is 9.94. The van der Waals surface area contributed by atoms with Gasteiger partial charge in [-0.1, -0.05) is 20.8 Å². The molecule has 1 aliphatic rings. The van der Waals surface area contributed by atoms with Gasteiger partial charge in [0.1, 0.15) is 6.54 Å². The molecule has 1 saturated heterocycles. The fourth-order valence-electron chi connectivity index (χ4n) is 3.59. The van der Waals surface area contributed by atoms with Gasteiger partial charge in [-0.25, -0.2) is 8.42 Å². The molecular formula is C19H28N2O5S. The Bertz CT molecular complexity index is 766. The zero-order chi connectivity index (χ0) is 20.2. The van der Waals surface area contributed by atoms with Crippen molar-refractivity contribution in [2.45, 2.75) is 38.5 Å². The molecule has 1 aromatic rings. The summed E-state index contributed by atoms with van der Waals surface area (Å²) < 4.78 is 27.3. The van der Waals surface area contributed by atoms with Gasteiger partial charge in [-0.05, 0) is 48.9 Å². The van der Waals surface area contributed by atoms with Crippen molar-refractivity contribution < 1.29 is 23.1 Å². The predicted molar refractivity (Wildman–Crippen MR) is 102 cm³/mol. The summed E-state index contributed by atoms with van der Waals surface area (Å²) in [5, 5.41) is 8.97. The lowest BCUT2D eigenvalue weighted by Crippen LogP contribution is -2.42. The first-order valence-electron chi connectivity index (χ1n) is 9.26. The minimum Gasteiger partial charge on any atom is -0.480 e. The Balaban J connectivity index is 2.20. The number of carbonyl (C=O) groups is 2. The van der Waals surface area contributed by atoms with Gasteiger partial charge in [-0.15, -0.1) is 0 Å². The summed E-state index contributed by atoms with van der Waals surface area (Å²) in [7, 11) is -3.61. The number of sulfonamides is 1. The molecule has 2 atom stereocenters. The number of rotatable bonds is 7. The summed E-state index contributed by atoms with van der Waals surface area (Å²) in [6, 6.07) is 5.77. The maximum absolute atomic E-state index is 12.9. The van der Waals surface area contributed by atoms with Crippen LogP contribution in [0.1, 0.15) is 44.0 Å². The molecule has 0 spiro atoms. The molecule has 0 aliphatic carbocycles. The minimum atomic E-state index is -3.61. The largest absolute Gasteiger partial charge is 0.480 e. The molecule has 1 aliphatic heterocycles. The van der Waals surface area contributed by atoms with E-state index in [0.29, 0.717) is 37.9 Å². The molecule has 1 aromatic carbocycles. The standard InChI is InChI=1S/C19H28N2O5S/c1-4-9-20(13-18(22)23)19(24)16-5-7-17(8-6-16)27(25,26)21-11-14(2)10-15(3)12-21/h5-8,14-15H,4,9-13H2,1-3H3,(H,22,23). The van der Waals surface area contributed by atoms with Crippen LogP contribution in [-0.2, 0) is 14.8 Å². The quantitative estimate of drug-likeness (QED) is 0.763. The monoisotopic (exact) mass is 396 g/mol. The first-order valence-corrected chi connectivity index (χ1v) is 10.7. The highest BCUT2D eigenvalue weighted by Gasteiger charge is 2.31. The van der Waals surface area contributed by atoms with Gasteiger partial charge in [0.05, 0.1) is 4.90 Å². The fraction of sp³-hybridized carbons (Fsp3) is 0.579. The molecule has 0 radical (unpaired) electrons. The number of benzene rings is 1. The van der Waals surface area contributed by atoms with Gasteiger partial charge < -0.3 is 10.0 Å². The molecule has 0 aromatic heterocycles. The molecule has 2 rings (SSSR count). The number of carboxylic acids is 1. The number of aliphatic carboxylic acids is 1. The van der Waals surface area contributed by atoms with Crippen LogP contribution in [0.25, 0.3) is 0 Å². The smallest absolute Gasteiger partial charge is 0.323 e. The van der Waals surface area contributed by atoms with E-state index in [-0.39, 0.29) is 17.0 Å². The first-order chi connectivity index (χ1) is 12.6. The molecule has 1 amide bonds. The van der Waals surface area contributed by atoms with Crippen LogP contribution in [-0.4, -0.2) is 60.8 Å². The van der Waals surface area contributed by atoms with Crippen LogP contribution in [0.4, 0.5) is 0 Å². The topological polar surface area (TPSA) is 95.0 Å². The van der Waals surface area contributed by atoms with E-state index in [0.717, 1.165) is 6.42 Å². The Kier molecular flexibility index (Phi) is 7.00. The molecule has 1 heterocycles. The Hall–Kier alpha value is -1.93. The summed E-state index contributed by atoms with van der Waals surface area (Å²) in [6.07, 6.45) is 1.65. The second kappa shape index (κ2) is 8.84. The summed E-state index contributed by atoms with van der Waals surface area (Å²) in [4.78, 5) is 24.9. The van der Waals surface area contributed by atoms with Crippen molar-refractivity contribution in [3.63, 3.8) is 0 Å². The zero-order valence-electron chi connectivity index (χ0n) is 16.1. The summed E-state index contributed by atoms with van der Waals surface area (Å²) in [5.41, 5.74) is 0.282. The average molecular weight is 397 g/mol. The van der Waals surface area contributed by atoms with E-state index in [1.165, 1.54) is 33.5 Å². The van der Waals surface area contributed by atoms with Gasteiger partial charge in [0.2, 0.25) is 10.0 Å². The molecule has 27 heavy (non-hydrogen) atoms. The highest BCUT2D eigenvalue weighted by atomic mass is 32.2. The Morgan fingerprint density at radius 3 is 2.19 bits per heavy atom. The zero-order valence-corrected chi connectivity index (χ0v) is 16.9. The molecule has 1 fully saturated rings. The number of hydrogen-bond acceptors (Lipinski definition) is 4. The average Bonchev–Trinajstić information content (AvgIpc) is 2.59. The van der Waals surface area contributed by atoms with E-state index < -0.39 is 21.9 Å². The number of carboxylic acid groups (broad SMARTS) is 1. The van der Waals surface area contributed by atoms with Crippen LogP contribution >= 0.6 is 0 Å². The van der Waals surface area contributed by atoms with Crippen LogP contribution < -0.4 is 0 Å². The highest BCUT2D eigenvalue weighted by molar-refractivity contribution is 7.89. The van der Waals surface area contributed by atoms with E-state index in [9.17, 15) is 18.0 Å². The van der Waals surface area contributed by atoms with Crippen molar-refractivity contribution in [2.75, 3.05) is 26.2 Å². The summed E-state index contributed by atoms with van der Waals surface area (Å²) >= 11 is 0. The van der Waals surface area contributed by atoms with E-state index in [1.54, 1.807) is 0 Å². The third kappa shape index (κ3) is 5.29. The number of carbonyl (C=O) groups excluding carboxylic acids is 1. The van der Waals surface area contributed by atoms with Gasteiger partial charge in [-0.3, -0.25) is 9.59 Å². The van der Waals surface area contributed by atoms with E-state index >= 15 is 0 Å². The molecule has 0 bridgehead atoms. The predicted octanol–water partition coefficient (Wildman–Crippen LogP) is 2.29. The molecule has 0 saturated carbocycles. The molecule has 2 unspecified atom stereocenters. The second-order valence-corrected chi connectivity index (χ2v) is 9.35. The first kappa shape index (κ1) is 21.4. The van der Waals surface area contributed by atoms with Crippen molar-refractivity contribution in [1.29, 1.82) is 0 Å². The summed E-state index contributed by atoms with van der Waals surface area (Å²) in [6.45, 7) is 6.89. The van der Waals surface area contributed by atoms with Crippen LogP contribution in [0.15, 0.2) is 29.2 Å². The number of nitrogens with zero attached hydrogens (tertiary/aromatic N) is 2. The molecule has 1 N–H and O–H groups in total. The second-order valence-electron chi connectivity index (χ2n) is 7.41. The van der Waals surface area contributed by atoms with E-state index in [4.69, 9.17) is 5.11 Å². The number of piperidine rings is 1. The third-order valence-corrected chi connectivity index (χ3v) is 6.53. The van der Waals surface area contributed by atoms with Crippen LogP contribution in [0.2, 0.25) is 0 Å². The van der Waals surface area contributed by atoms with Crippen molar-refractivity contribution >= 4 is 21.9 Å². The van der Waals surface area contributed by atoms with Gasteiger partial charge in [0, 0.05) is 25.2 Å². The van der Waals surface area contributed by atoms with E-state index in [2.05, 4.69) is 0 Å². The Morgan fingerprint density at radius 2 is 1.70 bits per heavy atom. The van der Waals surface area contributed by atoms with Gasteiger partial charge in [-0.2, -0.15) is 4.31 Å². The molecule has 7 nitrogen and oxygen atoms in total. The highest BCUT2D eigenvalue weighted by Crippen LogP contribution is 2.26. The third-order valence-electron chi connectivity index (χ3n) is 4.68. The van der Waals surface area contributed by atoms with Crippen molar-refractivity contribution in [3.05, 3.63) is 29.8 Å². The van der Waals surface area contributed by atoms with Crippen molar-refractivity contribution in [2.24, 2.45) is 11.8 Å². The maximum Gasteiger partial charge on any atom is 0.323 e. The molecule has 150 valence electrons. The normalized spacial score (nSPS) is 21.0. The van der Waals surface area contributed by atoms with Crippen LogP contribution in [0.5, 0.6) is 0 Å². The number of hydrogen-bond donors (Lipinski definition) is 1. The lowest BCUT2D eigenvalue weighted by Gasteiger charge is -2.34. The Labute approximate surface area is 161 Å². The van der Waals surface area contributed by atoms with Gasteiger partial charge >= 0.3 is 5.97 Å². The van der Waals surface area contributed by atoms with Crippen LogP contribution in [0, 0.1) is 11.8 Å². The fourth-order valence-corrected chi connectivity index (χ4v) is 5.27. The minimum absolute atomic E-state index is 0.153. The van der Waals surface area contributed by atoms with Gasteiger partial charge in [0.25, 0.3) is 5.91 Å². The SMILES string of the molecule is CCCN(CC(=O)O)C(=O)c1ccc(S(=O)(=O)N2CC(C)CC(C)C2)cc1. The molecule has 8 heteroatoms.